The Morgan fingerprint density at radius 2 is 2.00 bits per heavy atom. The second-order valence-corrected chi connectivity index (χ2v) is 8.65. The Morgan fingerprint density at radius 3 is 2.67 bits per heavy atom. The molecule has 0 saturated heterocycles. The normalized spacial score (nSPS) is 15.6. The summed E-state index contributed by atoms with van der Waals surface area (Å²) in [5, 5.41) is 3.40. The predicted octanol–water partition coefficient (Wildman–Crippen LogP) is 2.74. The molecule has 21 heavy (non-hydrogen) atoms. The van der Waals surface area contributed by atoms with Crippen molar-refractivity contribution < 1.29 is 8.42 Å². The second-order valence-electron chi connectivity index (χ2n) is 5.60. The zero-order chi connectivity index (χ0) is 15.3. The van der Waals surface area contributed by atoms with Gasteiger partial charge in [-0.3, -0.25) is 0 Å². The third-order valence-electron chi connectivity index (χ3n) is 3.67. The average molecular weight is 375 g/mol. The molecule has 0 bridgehead atoms. The van der Waals surface area contributed by atoms with Crippen molar-refractivity contribution in [1.29, 1.82) is 0 Å². The molecule has 0 unspecified atom stereocenters. The minimum atomic E-state index is -3.18. The van der Waals surface area contributed by atoms with Crippen molar-refractivity contribution in [3.05, 3.63) is 34.3 Å². The van der Waals surface area contributed by atoms with E-state index in [0.29, 0.717) is 19.0 Å². The standard InChI is InChI=1S/C15H23BrN2O2S/c1-18(12-13-6-2-3-7-15(13)16)21(19,20)11-5-4-10-17-14-8-9-14/h2-3,6-7,14,17H,4-5,8-12H2,1H3. The highest BCUT2D eigenvalue weighted by molar-refractivity contribution is 9.10. The lowest BCUT2D eigenvalue weighted by Gasteiger charge is -2.18. The van der Waals surface area contributed by atoms with E-state index in [2.05, 4.69) is 21.2 Å². The fraction of sp³-hybridized carbons (Fsp3) is 0.600. The first-order chi connectivity index (χ1) is 9.99. The van der Waals surface area contributed by atoms with Gasteiger partial charge in [0.1, 0.15) is 0 Å². The maximum atomic E-state index is 12.2. The Kier molecular flexibility index (Phi) is 6.22. The molecule has 1 aromatic rings. The zero-order valence-corrected chi connectivity index (χ0v) is 14.8. The van der Waals surface area contributed by atoms with Gasteiger partial charge in [0.25, 0.3) is 0 Å². The number of hydrogen-bond donors (Lipinski definition) is 1. The highest BCUT2D eigenvalue weighted by atomic mass is 79.9. The molecule has 0 radical (unpaired) electrons. The molecule has 118 valence electrons. The van der Waals surface area contributed by atoms with E-state index in [1.165, 1.54) is 17.1 Å². The minimum absolute atomic E-state index is 0.223. The fourth-order valence-electron chi connectivity index (χ4n) is 2.12. The molecule has 6 heteroatoms. The Hall–Kier alpha value is -0.430. The van der Waals surface area contributed by atoms with Gasteiger partial charge in [0.05, 0.1) is 5.75 Å². The maximum Gasteiger partial charge on any atom is 0.214 e. The number of unbranched alkanes of at least 4 members (excludes halogenated alkanes) is 1. The summed E-state index contributed by atoms with van der Waals surface area (Å²) in [6.07, 6.45) is 4.17. The maximum absolute atomic E-state index is 12.2. The van der Waals surface area contributed by atoms with E-state index < -0.39 is 10.0 Å². The number of sulfonamides is 1. The van der Waals surface area contributed by atoms with E-state index in [-0.39, 0.29) is 5.75 Å². The molecule has 1 N–H and O–H groups in total. The van der Waals surface area contributed by atoms with Gasteiger partial charge in [0.15, 0.2) is 0 Å². The molecule has 1 saturated carbocycles. The Morgan fingerprint density at radius 1 is 1.29 bits per heavy atom. The summed E-state index contributed by atoms with van der Waals surface area (Å²) in [6.45, 7) is 1.33. The predicted molar refractivity (Wildman–Crippen MR) is 89.7 cm³/mol. The van der Waals surface area contributed by atoms with Crippen LogP contribution in [0.4, 0.5) is 0 Å². The van der Waals surface area contributed by atoms with Crippen LogP contribution in [0.3, 0.4) is 0 Å². The van der Waals surface area contributed by atoms with E-state index in [1.807, 2.05) is 24.3 Å². The van der Waals surface area contributed by atoms with Gasteiger partial charge in [-0.05, 0) is 43.9 Å². The quantitative estimate of drug-likeness (QED) is 0.676. The fourth-order valence-corrected chi connectivity index (χ4v) is 3.75. The van der Waals surface area contributed by atoms with Crippen LogP contribution in [-0.2, 0) is 16.6 Å². The molecule has 0 amide bonds. The first kappa shape index (κ1) is 16.9. The summed E-state index contributed by atoms with van der Waals surface area (Å²) in [7, 11) is -1.53. The van der Waals surface area contributed by atoms with Crippen molar-refractivity contribution in [2.24, 2.45) is 0 Å². The summed E-state index contributed by atoms with van der Waals surface area (Å²) in [4.78, 5) is 0. The Labute approximate surface area is 136 Å². The molecule has 0 heterocycles. The lowest BCUT2D eigenvalue weighted by molar-refractivity contribution is 0.463. The van der Waals surface area contributed by atoms with Crippen LogP contribution in [0.1, 0.15) is 31.2 Å². The summed E-state index contributed by atoms with van der Waals surface area (Å²) in [5.41, 5.74) is 0.985. The summed E-state index contributed by atoms with van der Waals surface area (Å²) in [5.74, 6) is 0.223. The Balaban J connectivity index is 1.76. The summed E-state index contributed by atoms with van der Waals surface area (Å²) < 4.78 is 26.9. The molecule has 1 aromatic carbocycles. The van der Waals surface area contributed by atoms with E-state index in [0.717, 1.165) is 23.0 Å². The SMILES string of the molecule is CN(Cc1ccccc1Br)S(=O)(=O)CCCCNC1CC1. The van der Waals surface area contributed by atoms with Crippen molar-refractivity contribution in [2.75, 3.05) is 19.3 Å². The van der Waals surface area contributed by atoms with Crippen LogP contribution in [0.25, 0.3) is 0 Å². The highest BCUT2D eigenvalue weighted by Crippen LogP contribution is 2.19. The molecular formula is C15H23BrN2O2S. The average Bonchev–Trinajstić information content (AvgIpc) is 3.25. The van der Waals surface area contributed by atoms with Crippen LogP contribution in [0, 0.1) is 0 Å². The second kappa shape index (κ2) is 7.72. The van der Waals surface area contributed by atoms with Crippen molar-refractivity contribution in [2.45, 2.75) is 38.3 Å². The van der Waals surface area contributed by atoms with Crippen LogP contribution in [0.2, 0.25) is 0 Å². The number of hydrogen-bond acceptors (Lipinski definition) is 3. The van der Waals surface area contributed by atoms with Gasteiger partial charge < -0.3 is 5.32 Å². The van der Waals surface area contributed by atoms with Crippen LogP contribution < -0.4 is 5.32 Å². The van der Waals surface area contributed by atoms with Crippen LogP contribution in [0.15, 0.2) is 28.7 Å². The molecule has 2 rings (SSSR count). The van der Waals surface area contributed by atoms with Gasteiger partial charge in [-0.2, -0.15) is 0 Å². The molecule has 0 atom stereocenters. The van der Waals surface area contributed by atoms with Gasteiger partial charge in [-0.15, -0.1) is 0 Å². The highest BCUT2D eigenvalue weighted by Gasteiger charge is 2.20. The zero-order valence-electron chi connectivity index (χ0n) is 12.4. The van der Waals surface area contributed by atoms with Crippen molar-refractivity contribution >= 4 is 26.0 Å². The lowest BCUT2D eigenvalue weighted by atomic mass is 10.2. The molecule has 0 aromatic heterocycles. The molecule has 1 aliphatic rings. The van der Waals surface area contributed by atoms with Crippen LogP contribution >= 0.6 is 15.9 Å². The van der Waals surface area contributed by atoms with Gasteiger partial charge in [-0.25, -0.2) is 12.7 Å². The van der Waals surface area contributed by atoms with E-state index >= 15 is 0 Å². The largest absolute Gasteiger partial charge is 0.314 e. The van der Waals surface area contributed by atoms with Crippen LogP contribution in [0.5, 0.6) is 0 Å². The van der Waals surface area contributed by atoms with Crippen molar-refractivity contribution in [3.8, 4) is 0 Å². The van der Waals surface area contributed by atoms with Crippen LogP contribution in [-0.4, -0.2) is 38.1 Å². The third kappa shape index (κ3) is 5.70. The molecular weight excluding hydrogens is 352 g/mol. The monoisotopic (exact) mass is 374 g/mol. The first-order valence-corrected chi connectivity index (χ1v) is 9.80. The van der Waals surface area contributed by atoms with E-state index in [1.54, 1.807) is 7.05 Å². The van der Waals surface area contributed by atoms with Gasteiger partial charge in [-0.1, -0.05) is 34.1 Å². The lowest BCUT2D eigenvalue weighted by Crippen LogP contribution is -2.29. The summed E-state index contributed by atoms with van der Waals surface area (Å²) in [6, 6.07) is 8.41. The van der Waals surface area contributed by atoms with Gasteiger partial charge in [0, 0.05) is 24.1 Å². The van der Waals surface area contributed by atoms with Gasteiger partial charge >= 0.3 is 0 Å². The van der Waals surface area contributed by atoms with E-state index in [9.17, 15) is 8.42 Å². The molecule has 4 nitrogen and oxygen atoms in total. The molecule has 1 fully saturated rings. The van der Waals surface area contributed by atoms with E-state index in [4.69, 9.17) is 0 Å². The van der Waals surface area contributed by atoms with Crippen molar-refractivity contribution in [1.82, 2.24) is 9.62 Å². The Bertz CT molecular complexity index is 559. The molecule has 0 aliphatic heterocycles. The molecule has 1 aliphatic carbocycles. The third-order valence-corrected chi connectivity index (χ3v) is 6.32. The minimum Gasteiger partial charge on any atom is -0.314 e. The first-order valence-electron chi connectivity index (χ1n) is 7.40. The van der Waals surface area contributed by atoms with Gasteiger partial charge in [0.2, 0.25) is 10.0 Å². The van der Waals surface area contributed by atoms with Crippen molar-refractivity contribution in [3.63, 3.8) is 0 Å². The number of nitrogens with zero attached hydrogens (tertiary/aromatic N) is 1. The number of benzene rings is 1. The summed E-state index contributed by atoms with van der Waals surface area (Å²) >= 11 is 3.45. The number of rotatable bonds is 9. The molecule has 0 spiro atoms. The number of halogens is 1. The smallest absolute Gasteiger partial charge is 0.214 e. The number of nitrogens with one attached hydrogen (secondary N) is 1. The topological polar surface area (TPSA) is 49.4 Å².